The zero-order valence-corrected chi connectivity index (χ0v) is 8.07. The first-order valence-corrected chi connectivity index (χ1v) is 4.26. The van der Waals surface area contributed by atoms with Crippen LogP contribution in [-0.4, -0.2) is 12.1 Å². The monoisotopic (exact) mass is 153 g/mol. The molecule has 11 heavy (non-hydrogen) atoms. The van der Waals surface area contributed by atoms with Gasteiger partial charge in [0.25, 0.3) is 0 Å². The first kappa shape index (κ1) is 10.5. The Morgan fingerprint density at radius 3 is 2.27 bits per heavy atom. The lowest BCUT2D eigenvalue weighted by atomic mass is 10.1. The van der Waals surface area contributed by atoms with E-state index in [4.69, 9.17) is 0 Å². The number of nitrogens with one attached hydrogen (secondary N) is 1. The van der Waals surface area contributed by atoms with Crippen LogP contribution in [0.15, 0.2) is 17.9 Å². The van der Waals surface area contributed by atoms with Gasteiger partial charge in [0.1, 0.15) is 0 Å². The van der Waals surface area contributed by atoms with E-state index in [0.29, 0.717) is 12.1 Å². The van der Waals surface area contributed by atoms with Gasteiger partial charge in [0, 0.05) is 12.1 Å². The van der Waals surface area contributed by atoms with E-state index in [1.165, 1.54) is 5.57 Å². The van der Waals surface area contributed by atoms with E-state index in [-0.39, 0.29) is 0 Å². The molecule has 0 radical (unpaired) electrons. The van der Waals surface area contributed by atoms with Crippen molar-refractivity contribution in [2.45, 2.75) is 46.2 Å². The second-order valence-corrected chi connectivity index (χ2v) is 3.10. The molecule has 0 saturated heterocycles. The molecule has 0 spiro atoms. The topological polar surface area (TPSA) is 12.0 Å². The van der Waals surface area contributed by atoms with Crippen LogP contribution >= 0.6 is 0 Å². The first-order chi connectivity index (χ1) is 5.11. The van der Waals surface area contributed by atoms with Crippen molar-refractivity contribution in [2.24, 2.45) is 0 Å². The van der Waals surface area contributed by atoms with Crippen LogP contribution in [-0.2, 0) is 0 Å². The summed E-state index contributed by atoms with van der Waals surface area (Å²) in [5.74, 6) is 0. The van der Waals surface area contributed by atoms with Crippen molar-refractivity contribution >= 4 is 0 Å². The first-order valence-electron chi connectivity index (χ1n) is 4.26. The van der Waals surface area contributed by atoms with Gasteiger partial charge in [0.15, 0.2) is 0 Å². The third-order valence-electron chi connectivity index (χ3n) is 1.71. The molecule has 0 bridgehead atoms. The molecule has 64 valence electrons. The fourth-order valence-electron chi connectivity index (χ4n) is 1.18. The van der Waals surface area contributed by atoms with Crippen LogP contribution in [0.2, 0.25) is 0 Å². The summed E-state index contributed by atoms with van der Waals surface area (Å²) in [5, 5.41) is 3.41. The van der Waals surface area contributed by atoms with Crippen molar-refractivity contribution in [1.82, 2.24) is 5.32 Å². The molecule has 0 saturated carbocycles. The molecule has 0 heterocycles. The summed E-state index contributed by atoms with van der Waals surface area (Å²) in [6.45, 7) is 12.2. The molecular weight excluding hydrogens is 134 g/mol. The van der Waals surface area contributed by atoms with E-state index in [2.05, 4.69) is 45.3 Å². The lowest BCUT2D eigenvalue weighted by Gasteiger charge is -2.17. The molecule has 0 amide bonds. The molecule has 1 unspecified atom stereocenters. The second kappa shape index (κ2) is 5.17. The summed E-state index contributed by atoms with van der Waals surface area (Å²) in [6, 6.07) is 0.942. The van der Waals surface area contributed by atoms with Crippen molar-refractivity contribution in [3.05, 3.63) is 17.9 Å². The van der Waals surface area contributed by atoms with E-state index < -0.39 is 0 Å². The molecule has 0 aliphatic heterocycles. The Hall–Kier alpha value is -0.520. The third-order valence-corrected chi connectivity index (χ3v) is 1.71. The van der Waals surface area contributed by atoms with Crippen LogP contribution in [0.5, 0.6) is 0 Å². The lowest BCUT2D eigenvalue weighted by molar-refractivity contribution is 0.526. The highest BCUT2D eigenvalue weighted by molar-refractivity contribution is 5.06. The fraction of sp³-hybridized carbons (Fsp3) is 0.700. The highest BCUT2D eigenvalue weighted by Gasteiger charge is 2.06. The summed E-state index contributed by atoms with van der Waals surface area (Å²) in [5.41, 5.74) is 4.22. The Bertz CT molecular complexity index is 152. The molecule has 0 aliphatic rings. The van der Waals surface area contributed by atoms with Crippen molar-refractivity contribution in [1.29, 1.82) is 0 Å². The van der Waals surface area contributed by atoms with E-state index in [1.54, 1.807) is 0 Å². The fourth-order valence-corrected chi connectivity index (χ4v) is 1.18. The van der Waals surface area contributed by atoms with Crippen LogP contribution in [0.1, 0.15) is 34.1 Å². The summed E-state index contributed by atoms with van der Waals surface area (Å²) in [7, 11) is 0. The number of hydrogen-bond acceptors (Lipinski definition) is 1. The summed E-state index contributed by atoms with van der Waals surface area (Å²) in [4.78, 5) is 0. The van der Waals surface area contributed by atoms with Crippen molar-refractivity contribution in [3.63, 3.8) is 0 Å². The molecule has 0 aromatic rings. The Labute approximate surface area is 70.2 Å². The van der Waals surface area contributed by atoms with Gasteiger partial charge in [-0.25, -0.2) is 0 Å². The van der Waals surface area contributed by atoms with Gasteiger partial charge in [0.2, 0.25) is 0 Å². The summed E-state index contributed by atoms with van der Waals surface area (Å²) in [6.07, 6.45) is 1.03. The number of hydrogen-bond donors (Lipinski definition) is 1. The zero-order chi connectivity index (χ0) is 8.85. The van der Waals surface area contributed by atoms with Crippen LogP contribution in [0.25, 0.3) is 0 Å². The van der Waals surface area contributed by atoms with Gasteiger partial charge in [0.05, 0.1) is 0 Å². The predicted octanol–water partition coefficient (Wildman–Crippen LogP) is 2.49. The van der Waals surface area contributed by atoms with Crippen molar-refractivity contribution in [2.75, 3.05) is 0 Å². The Balaban J connectivity index is 4.01. The molecular formula is C10H19N. The van der Waals surface area contributed by atoms with Crippen LogP contribution in [0, 0.1) is 0 Å². The maximum Gasteiger partial charge on any atom is 0.0328 e. The van der Waals surface area contributed by atoms with Crippen molar-refractivity contribution < 1.29 is 0 Å². The smallest absolute Gasteiger partial charge is 0.0328 e. The minimum absolute atomic E-state index is 0.414. The van der Waals surface area contributed by atoms with E-state index >= 15 is 0 Å². The lowest BCUT2D eigenvalue weighted by Crippen LogP contribution is -2.33. The van der Waals surface area contributed by atoms with Gasteiger partial charge in [-0.2, -0.15) is 0 Å². The molecule has 0 rings (SSSR count). The quantitative estimate of drug-likeness (QED) is 0.612. The summed E-state index contributed by atoms with van der Waals surface area (Å²) < 4.78 is 0. The van der Waals surface area contributed by atoms with E-state index in [0.717, 1.165) is 6.42 Å². The normalized spacial score (nSPS) is 12.8. The minimum Gasteiger partial charge on any atom is -0.308 e. The average Bonchev–Trinajstić information content (AvgIpc) is 1.88. The van der Waals surface area contributed by atoms with Gasteiger partial charge in [-0.1, -0.05) is 27.4 Å². The van der Waals surface area contributed by atoms with E-state index in [9.17, 15) is 0 Å². The Morgan fingerprint density at radius 2 is 2.00 bits per heavy atom. The minimum atomic E-state index is 0.414. The highest BCUT2D eigenvalue weighted by Crippen LogP contribution is 2.04. The SMILES string of the molecule is C=C=C(CC)C(C)NC(C)C. The van der Waals surface area contributed by atoms with E-state index in [1.807, 2.05) is 0 Å². The van der Waals surface area contributed by atoms with Gasteiger partial charge in [-0.3, -0.25) is 0 Å². The molecule has 1 heteroatoms. The van der Waals surface area contributed by atoms with Crippen LogP contribution in [0.3, 0.4) is 0 Å². The molecule has 0 aliphatic carbocycles. The molecule has 1 nitrogen and oxygen atoms in total. The molecule has 0 aromatic carbocycles. The maximum absolute atomic E-state index is 3.66. The van der Waals surface area contributed by atoms with Gasteiger partial charge >= 0.3 is 0 Å². The standard InChI is InChI=1S/C10H19N/c1-6-10(7-2)9(5)11-8(3)4/h8-9,11H,1,7H2,2-5H3. The molecule has 0 aromatic heterocycles. The predicted molar refractivity (Wildman–Crippen MR) is 50.7 cm³/mol. The Morgan fingerprint density at radius 1 is 1.45 bits per heavy atom. The highest BCUT2D eigenvalue weighted by atomic mass is 14.9. The molecule has 1 N–H and O–H groups in total. The zero-order valence-electron chi connectivity index (χ0n) is 8.07. The average molecular weight is 153 g/mol. The van der Waals surface area contributed by atoms with Gasteiger partial charge < -0.3 is 5.32 Å². The largest absolute Gasteiger partial charge is 0.308 e. The van der Waals surface area contributed by atoms with Gasteiger partial charge in [-0.15, -0.1) is 5.73 Å². The molecule has 0 fully saturated rings. The second-order valence-electron chi connectivity index (χ2n) is 3.10. The van der Waals surface area contributed by atoms with Gasteiger partial charge in [-0.05, 0) is 18.9 Å². The number of rotatable bonds is 4. The van der Waals surface area contributed by atoms with Crippen LogP contribution in [0.4, 0.5) is 0 Å². The molecule has 1 atom stereocenters. The third kappa shape index (κ3) is 4.02. The summed E-state index contributed by atoms with van der Waals surface area (Å²) >= 11 is 0. The maximum atomic E-state index is 3.66. The Kier molecular flexibility index (Phi) is 4.93. The van der Waals surface area contributed by atoms with Crippen LogP contribution < -0.4 is 5.32 Å². The van der Waals surface area contributed by atoms with Crippen molar-refractivity contribution in [3.8, 4) is 0 Å².